The number of aromatic nitrogens is 3. The fourth-order valence-electron chi connectivity index (χ4n) is 10.9. The lowest BCUT2D eigenvalue weighted by atomic mass is 9.77. The van der Waals surface area contributed by atoms with Crippen LogP contribution in [0.4, 0.5) is 4.39 Å². The lowest BCUT2D eigenvalue weighted by molar-refractivity contribution is -0.318. The molecule has 3 saturated heterocycles. The van der Waals surface area contributed by atoms with E-state index in [0.29, 0.717) is 31.6 Å². The van der Waals surface area contributed by atoms with Crippen LogP contribution in [0.15, 0.2) is 30.5 Å². The van der Waals surface area contributed by atoms with Crippen LogP contribution in [0.2, 0.25) is 0 Å². The summed E-state index contributed by atoms with van der Waals surface area (Å²) in [5.74, 6) is -2.02. The lowest BCUT2D eigenvalue weighted by Crippen LogP contribution is -2.60. The quantitative estimate of drug-likeness (QED) is 0.0862. The van der Waals surface area contributed by atoms with Gasteiger partial charge in [0.25, 0.3) is 0 Å². The predicted octanol–water partition coefficient (Wildman–Crippen LogP) is 4.85. The Morgan fingerprint density at radius 1 is 1.00 bits per heavy atom. The van der Waals surface area contributed by atoms with E-state index in [9.17, 15) is 34.7 Å². The fourth-order valence-corrected chi connectivity index (χ4v) is 12.0. The van der Waals surface area contributed by atoms with Crippen LogP contribution in [-0.4, -0.2) is 199 Å². The Hall–Kier alpha value is -1.68. The van der Waals surface area contributed by atoms with Crippen LogP contribution in [-0.2, 0) is 50.1 Å². The maximum atomic E-state index is 14.8. The van der Waals surface area contributed by atoms with Crippen molar-refractivity contribution in [3.8, 4) is 0 Å². The van der Waals surface area contributed by atoms with Crippen LogP contribution in [0, 0.1) is 17.8 Å². The number of halogens is 2. The van der Waals surface area contributed by atoms with E-state index in [-0.39, 0.29) is 18.8 Å². The number of hydrogen-bond acceptors (Lipinski definition) is 18. The summed E-state index contributed by atoms with van der Waals surface area (Å²) in [6.45, 7) is 15.7. The molecule has 3 fully saturated rings. The van der Waals surface area contributed by atoms with E-state index in [1.54, 1.807) is 66.6 Å². The van der Waals surface area contributed by atoms with Gasteiger partial charge in [0.1, 0.15) is 42.7 Å². The molecule has 5 rings (SSSR count). The first-order valence-electron chi connectivity index (χ1n) is 25.2. The molecule has 1 aromatic heterocycles. The molecule has 3 aliphatic heterocycles. The van der Waals surface area contributed by atoms with E-state index < -0.39 is 125 Å². The van der Waals surface area contributed by atoms with Crippen molar-refractivity contribution in [3.63, 3.8) is 0 Å². The molecular formula is C51H85FIN5O13S. The number of ether oxygens (including phenoxy) is 7. The molecule has 72 heavy (non-hydrogen) atoms. The van der Waals surface area contributed by atoms with Crippen LogP contribution < -0.4 is 0 Å². The number of aliphatic hydroxyl groups excluding tert-OH is 3. The molecule has 0 spiro atoms. The largest absolute Gasteiger partial charge is 0.448 e. The van der Waals surface area contributed by atoms with Gasteiger partial charge < -0.3 is 68.5 Å². The summed E-state index contributed by atoms with van der Waals surface area (Å²) in [7, 11) is 6.76. The zero-order chi connectivity index (χ0) is 53.6. The number of carbonyl (C=O) groups is 1. The molecule has 20 atom stereocenters. The molecule has 0 radical (unpaired) electrons. The number of esters is 1. The Morgan fingerprint density at radius 2 is 1.67 bits per heavy atom. The Morgan fingerprint density at radius 3 is 2.28 bits per heavy atom. The molecule has 0 aliphatic carbocycles. The van der Waals surface area contributed by atoms with Gasteiger partial charge in [-0.3, -0.25) is 4.79 Å². The highest BCUT2D eigenvalue weighted by Gasteiger charge is 2.53. The highest BCUT2D eigenvalue weighted by Crippen LogP contribution is 2.41. The van der Waals surface area contributed by atoms with Crippen molar-refractivity contribution in [1.82, 2.24) is 24.8 Å². The second kappa shape index (κ2) is 26.1. The van der Waals surface area contributed by atoms with Gasteiger partial charge >= 0.3 is 5.97 Å². The van der Waals surface area contributed by atoms with E-state index in [2.05, 4.69) is 10.3 Å². The molecule has 0 amide bonds. The van der Waals surface area contributed by atoms with Crippen LogP contribution >= 0.6 is 34.4 Å². The van der Waals surface area contributed by atoms with Crippen LogP contribution in [0.25, 0.3) is 0 Å². The number of methoxy groups -OCH3 is 2. The number of carbonyl (C=O) groups excluding carboxylic acids is 1. The SMILES string of the molecule is CO[C@H](c1ccc(CSC)cc1)[C@@H](CF)n1cc(CCN(C)[C@H]2C[C@@H](C)O[C@@H](O[C@@H]3[C@@H](C)[C@H](O[C@H]4C[C@@](C)(OC)[C@@H](O)[C@H](C)O4)[C@@H](C)C(=O)O[C@H](I)[C@@](C)(O)[C@H](O)[C@@H](C)N(C)C[C@H](C)C[C@@]3(C)O)[C@@H]2O)nn1. The average Bonchev–Trinajstić information content (AvgIpc) is 3.80. The molecule has 412 valence electrons. The van der Waals surface area contributed by atoms with Crippen molar-refractivity contribution in [2.45, 2.75) is 194 Å². The number of hydrogen-bond donors (Lipinski definition) is 5. The number of aliphatic hydroxyl groups is 5. The van der Waals surface area contributed by atoms with Gasteiger partial charge in [0.15, 0.2) is 16.7 Å². The summed E-state index contributed by atoms with van der Waals surface area (Å²) in [6, 6.07) is 6.14. The van der Waals surface area contributed by atoms with E-state index in [0.717, 1.165) is 16.9 Å². The molecule has 0 bridgehead atoms. The first-order chi connectivity index (χ1) is 33.7. The van der Waals surface area contributed by atoms with Crippen molar-refractivity contribution >= 4 is 40.3 Å². The minimum atomic E-state index is -1.87. The van der Waals surface area contributed by atoms with Crippen molar-refractivity contribution in [2.75, 3.05) is 54.3 Å². The molecular weight excluding hydrogens is 1070 g/mol. The predicted molar refractivity (Wildman–Crippen MR) is 279 cm³/mol. The molecule has 0 saturated carbocycles. The summed E-state index contributed by atoms with van der Waals surface area (Å²) < 4.78 is 58.9. The summed E-state index contributed by atoms with van der Waals surface area (Å²) in [4.78, 5) is 18.2. The maximum Gasteiger partial charge on any atom is 0.312 e. The summed E-state index contributed by atoms with van der Waals surface area (Å²) in [6.07, 6.45) is -4.88. The molecule has 0 unspecified atom stereocenters. The molecule has 1 aromatic carbocycles. The van der Waals surface area contributed by atoms with Gasteiger partial charge in [-0.25, -0.2) is 9.07 Å². The number of alkyl halides is 2. The lowest BCUT2D eigenvalue weighted by Gasteiger charge is -2.49. The van der Waals surface area contributed by atoms with Gasteiger partial charge in [0, 0.05) is 70.1 Å². The highest BCUT2D eigenvalue weighted by molar-refractivity contribution is 14.1. The Bertz CT molecular complexity index is 2000. The average molecular weight is 1150 g/mol. The maximum absolute atomic E-state index is 14.8. The molecule has 3 aliphatic rings. The minimum absolute atomic E-state index is 0.0857. The Kier molecular flexibility index (Phi) is 22.2. The Labute approximate surface area is 444 Å². The minimum Gasteiger partial charge on any atom is -0.448 e. The number of thioether (sulfide) groups is 1. The topological polar surface area (TPSA) is 220 Å². The third kappa shape index (κ3) is 14.5. The highest BCUT2D eigenvalue weighted by atomic mass is 127. The van der Waals surface area contributed by atoms with Gasteiger partial charge in [-0.1, -0.05) is 43.3 Å². The number of nitrogens with zero attached hydrogens (tertiary/aromatic N) is 5. The van der Waals surface area contributed by atoms with Gasteiger partial charge in [-0.15, -0.1) is 5.10 Å². The van der Waals surface area contributed by atoms with Crippen LogP contribution in [0.1, 0.15) is 111 Å². The van der Waals surface area contributed by atoms with Crippen molar-refractivity contribution in [3.05, 3.63) is 47.3 Å². The van der Waals surface area contributed by atoms with Crippen molar-refractivity contribution < 1.29 is 67.9 Å². The number of likely N-dealkylation sites (N-methyl/N-ethyl adjacent to an activating group) is 2. The second-order valence-electron chi connectivity index (χ2n) is 21.6. The molecule has 21 heteroatoms. The molecule has 4 heterocycles. The number of rotatable bonds is 16. The monoisotopic (exact) mass is 1150 g/mol. The van der Waals surface area contributed by atoms with Crippen LogP contribution in [0.3, 0.4) is 0 Å². The smallest absolute Gasteiger partial charge is 0.312 e. The van der Waals surface area contributed by atoms with Crippen LogP contribution in [0.5, 0.6) is 0 Å². The number of cyclic esters (lactones) is 1. The van der Waals surface area contributed by atoms with Crippen molar-refractivity contribution in [1.29, 1.82) is 0 Å². The standard InChI is InChI=1S/C51H85FIN5O13S/c1-28-22-49(7,63)45(30(3)41(69-39-23-50(8,66-13)44(61)33(6)68-39)31(4)46(62)71-48(53)51(9,64)43(60)32(5)57(11)25-28)70-47-40(59)37(21-29(2)67-47)56(10)20-19-36-26-58(55-54-36)38(24-52)42(65-12)35-17-15-34(16-18-35)27-72-14/h15-18,26,28-33,37-45,47-48,59-61,63-64H,19-25,27H2,1-14H3/t28-,29-,30+,31-,32-,33+,37+,38-,39+,40-,41+,42-,43-,44+,45-,47+,48+,49-,50-,51+/m1/s1. The second-order valence-corrected chi connectivity index (χ2v) is 23.6. The Balaban J connectivity index is 1.43. The zero-order valence-electron chi connectivity index (χ0n) is 44.8. The van der Waals surface area contributed by atoms with E-state index in [4.69, 9.17) is 33.2 Å². The van der Waals surface area contributed by atoms with Gasteiger partial charge in [0.2, 0.25) is 0 Å². The summed E-state index contributed by atoms with van der Waals surface area (Å²) in [5, 5.41) is 68.1. The van der Waals surface area contributed by atoms with Gasteiger partial charge in [-0.05, 0) is 121 Å². The third-order valence-electron chi connectivity index (χ3n) is 15.5. The summed E-state index contributed by atoms with van der Waals surface area (Å²) in [5.41, 5.74) is -1.97. The molecule has 5 N–H and O–H groups in total. The van der Waals surface area contributed by atoms with Gasteiger partial charge in [0.05, 0.1) is 47.2 Å². The third-order valence-corrected chi connectivity index (χ3v) is 17.6. The van der Waals surface area contributed by atoms with E-state index in [1.165, 1.54) is 18.7 Å². The van der Waals surface area contributed by atoms with E-state index in [1.807, 2.05) is 90.9 Å². The molecule has 18 nitrogen and oxygen atoms in total. The first kappa shape index (κ1) is 61.2. The van der Waals surface area contributed by atoms with Gasteiger partial charge in [-0.2, -0.15) is 11.8 Å². The first-order valence-corrected chi connectivity index (χ1v) is 27.8. The van der Waals surface area contributed by atoms with E-state index >= 15 is 0 Å². The number of benzene rings is 1. The fraction of sp³-hybridized carbons (Fsp3) is 0.824. The normalized spacial score (nSPS) is 40.0. The van der Waals surface area contributed by atoms with Crippen molar-refractivity contribution in [2.24, 2.45) is 17.8 Å². The summed E-state index contributed by atoms with van der Waals surface area (Å²) >= 11 is 3.55. The molecule has 2 aromatic rings. The zero-order valence-corrected chi connectivity index (χ0v) is 47.7.